The van der Waals surface area contributed by atoms with Gasteiger partial charge in [0.05, 0.1) is 12.8 Å². The van der Waals surface area contributed by atoms with Crippen molar-refractivity contribution in [3.8, 4) is 0 Å². The van der Waals surface area contributed by atoms with Crippen molar-refractivity contribution in [3.63, 3.8) is 0 Å². The summed E-state index contributed by atoms with van der Waals surface area (Å²) in [7, 11) is 0. The van der Waals surface area contributed by atoms with Gasteiger partial charge in [-0.3, -0.25) is 9.59 Å². The maximum Gasteiger partial charge on any atom is 0.336 e. The van der Waals surface area contributed by atoms with Gasteiger partial charge in [-0.25, -0.2) is 4.79 Å². The van der Waals surface area contributed by atoms with Crippen LogP contribution in [0.4, 0.5) is 0 Å². The maximum atomic E-state index is 10.3. The second-order valence-corrected chi connectivity index (χ2v) is 5.14. The molecule has 0 heterocycles. The summed E-state index contributed by atoms with van der Waals surface area (Å²) in [6, 6.07) is 0.455. The van der Waals surface area contributed by atoms with E-state index in [9.17, 15) is 14.4 Å². The van der Waals surface area contributed by atoms with Gasteiger partial charge in [0.25, 0.3) is 0 Å². The van der Waals surface area contributed by atoms with E-state index in [1.54, 1.807) is 0 Å². The summed E-state index contributed by atoms with van der Waals surface area (Å²) in [5.74, 6) is -5.02. The number of hydrogen-bond donors (Lipinski definition) is 5. The van der Waals surface area contributed by atoms with Crippen LogP contribution >= 0.6 is 0 Å². The minimum Gasteiger partial charge on any atom is -0.481 e. The Morgan fingerprint density at radius 2 is 1.45 bits per heavy atom. The normalized spacial score (nSPS) is 12.0. The van der Waals surface area contributed by atoms with Gasteiger partial charge in [0.2, 0.25) is 0 Å². The highest BCUT2D eigenvalue weighted by molar-refractivity contribution is 5.88. The van der Waals surface area contributed by atoms with Gasteiger partial charge in [-0.15, -0.1) is 0 Å². The van der Waals surface area contributed by atoms with Crippen LogP contribution in [0.25, 0.3) is 0 Å². The highest BCUT2D eigenvalue weighted by atomic mass is 16.4. The number of carboxylic acid groups (broad SMARTS) is 3. The standard InChI is InChI=1S/C8H19N.C6H8O7/c1-3-5-6-7-8(9)4-2;7-3(8)1-6(13,5(11)12)2-4(9)10/h8H,3-7,9H2,1-2H3;13H,1-2H2,(H,7,8)(H,9,10)(H,11,12). The van der Waals surface area contributed by atoms with E-state index in [4.69, 9.17) is 26.2 Å². The highest BCUT2D eigenvalue weighted by Crippen LogP contribution is 2.15. The molecule has 8 heteroatoms. The molecule has 0 radical (unpaired) electrons. The number of carbonyl (C=O) groups is 3. The monoisotopic (exact) mass is 321 g/mol. The lowest BCUT2D eigenvalue weighted by molar-refractivity contribution is -0.170. The number of aliphatic carboxylic acids is 3. The zero-order valence-corrected chi connectivity index (χ0v) is 13.1. The van der Waals surface area contributed by atoms with Crippen LogP contribution in [0.15, 0.2) is 0 Å². The minimum atomic E-state index is -2.74. The third kappa shape index (κ3) is 12.1. The first-order valence-corrected chi connectivity index (χ1v) is 7.24. The molecule has 1 atom stereocenters. The van der Waals surface area contributed by atoms with Gasteiger partial charge in [0.15, 0.2) is 5.60 Å². The molecule has 0 rings (SSSR count). The Balaban J connectivity index is 0. The van der Waals surface area contributed by atoms with E-state index in [1.165, 1.54) is 25.7 Å². The molecule has 0 saturated carbocycles. The first-order valence-electron chi connectivity index (χ1n) is 7.24. The van der Waals surface area contributed by atoms with Gasteiger partial charge in [-0.2, -0.15) is 0 Å². The molecule has 0 aromatic heterocycles. The third-order valence-electron chi connectivity index (χ3n) is 2.99. The van der Waals surface area contributed by atoms with Crippen molar-refractivity contribution < 1.29 is 34.8 Å². The molecule has 0 amide bonds. The SMILES string of the molecule is CCCCCC(N)CC.O=C(O)CC(O)(CC(=O)O)C(=O)O. The molecule has 0 aliphatic rings. The van der Waals surface area contributed by atoms with E-state index >= 15 is 0 Å². The van der Waals surface area contributed by atoms with Gasteiger partial charge in [-0.1, -0.05) is 33.1 Å². The lowest BCUT2D eigenvalue weighted by atomic mass is 9.96. The second-order valence-electron chi connectivity index (χ2n) is 5.14. The minimum absolute atomic E-state index is 0.455. The van der Waals surface area contributed by atoms with Gasteiger partial charge in [-0.05, 0) is 12.8 Å². The molecular formula is C14H27NO7. The number of carboxylic acids is 3. The van der Waals surface area contributed by atoms with Crippen LogP contribution in [0.5, 0.6) is 0 Å². The van der Waals surface area contributed by atoms with Gasteiger partial charge < -0.3 is 26.2 Å². The molecular weight excluding hydrogens is 294 g/mol. The quantitative estimate of drug-likeness (QED) is 0.373. The van der Waals surface area contributed by atoms with Crippen LogP contribution in [0.2, 0.25) is 0 Å². The largest absolute Gasteiger partial charge is 0.481 e. The topological polar surface area (TPSA) is 158 Å². The van der Waals surface area contributed by atoms with Crippen molar-refractivity contribution >= 4 is 17.9 Å². The molecule has 8 nitrogen and oxygen atoms in total. The fraction of sp³-hybridized carbons (Fsp3) is 0.786. The molecule has 0 aromatic rings. The van der Waals surface area contributed by atoms with E-state index in [2.05, 4.69) is 13.8 Å². The molecule has 0 aromatic carbocycles. The smallest absolute Gasteiger partial charge is 0.336 e. The van der Waals surface area contributed by atoms with Crippen molar-refractivity contribution in [2.45, 2.75) is 70.4 Å². The first-order chi connectivity index (χ1) is 10.1. The second kappa shape index (κ2) is 11.9. The molecule has 0 fully saturated rings. The predicted octanol–water partition coefficient (Wildman–Crippen LogP) is 1.06. The van der Waals surface area contributed by atoms with E-state index in [0.717, 1.165) is 6.42 Å². The first kappa shape index (κ1) is 22.6. The van der Waals surface area contributed by atoms with Crippen molar-refractivity contribution in [1.82, 2.24) is 0 Å². The Morgan fingerprint density at radius 3 is 1.73 bits per heavy atom. The average Bonchev–Trinajstić information content (AvgIpc) is 2.37. The molecule has 0 spiro atoms. The maximum absolute atomic E-state index is 10.3. The Kier molecular flexibility index (Phi) is 12.3. The van der Waals surface area contributed by atoms with Crippen LogP contribution in [0.3, 0.4) is 0 Å². The Bertz CT molecular complexity index is 341. The lowest BCUT2D eigenvalue weighted by Gasteiger charge is -2.18. The number of unbranched alkanes of at least 4 members (excludes halogenated alkanes) is 2. The summed E-state index contributed by atoms with van der Waals surface area (Å²) in [6.45, 7) is 4.37. The summed E-state index contributed by atoms with van der Waals surface area (Å²) in [5, 5.41) is 33.8. The van der Waals surface area contributed by atoms with Crippen molar-refractivity contribution in [2.75, 3.05) is 0 Å². The van der Waals surface area contributed by atoms with Gasteiger partial charge >= 0.3 is 17.9 Å². The number of aliphatic hydroxyl groups is 1. The lowest BCUT2D eigenvalue weighted by Crippen LogP contribution is -2.42. The Labute approximate surface area is 129 Å². The van der Waals surface area contributed by atoms with Crippen LogP contribution < -0.4 is 5.73 Å². The fourth-order valence-corrected chi connectivity index (χ4v) is 1.57. The predicted molar refractivity (Wildman–Crippen MR) is 79.5 cm³/mol. The fourth-order valence-electron chi connectivity index (χ4n) is 1.57. The van der Waals surface area contributed by atoms with Crippen molar-refractivity contribution in [2.24, 2.45) is 5.73 Å². The zero-order valence-electron chi connectivity index (χ0n) is 13.1. The summed E-state index contributed by atoms with van der Waals surface area (Å²) < 4.78 is 0. The van der Waals surface area contributed by atoms with Crippen LogP contribution in [0.1, 0.15) is 58.8 Å². The molecule has 1 unspecified atom stereocenters. The molecule has 0 aliphatic heterocycles. The van der Waals surface area contributed by atoms with E-state index in [1.807, 2.05) is 0 Å². The molecule has 0 bridgehead atoms. The van der Waals surface area contributed by atoms with Gasteiger partial charge in [0, 0.05) is 6.04 Å². The van der Waals surface area contributed by atoms with Crippen LogP contribution in [-0.2, 0) is 14.4 Å². The highest BCUT2D eigenvalue weighted by Gasteiger charge is 2.40. The molecule has 0 aliphatic carbocycles. The number of rotatable bonds is 10. The van der Waals surface area contributed by atoms with Crippen LogP contribution in [-0.4, -0.2) is 50.0 Å². The zero-order chi connectivity index (χ0) is 17.8. The Morgan fingerprint density at radius 1 is 1.00 bits per heavy atom. The molecule has 6 N–H and O–H groups in total. The summed E-state index contributed by atoms with van der Waals surface area (Å²) in [4.78, 5) is 30.5. The molecule has 0 saturated heterocycles. The van der Waals surface area contributed by atoms with Crippen molar-refractivity contribution in [1.29, 1.82) is 0 Å². The molecule has 22 heavy (non-hydrogen) atoms. The van der Waals surface area contributed by atoms with Gasteiger partial charge in [0.1, 0.15) is 0 Å². The number of nitrogens with two attached hydrogens (primary N) is 1. The van der Waals surface area contributed by atoms with E-state index in [-0.39, 0.29) is 0 Å². The molecule has 130 valence electrons. The number of hydrogen-bond acceptors (Lipinski definition) is 5. The summed E-state index contributed by atoms with van der Waals surface area (Å²) >= 11 is 0. The average molecular weight is 321 g/mol. The van der Waals surface area contributed by atoms with Crippen LogP contribution in [0, 0.1) is 0 Å². The van der Waals surface area contributed by atoms with E-state index < -0.39 is 36.4 Å². The van der Waals surface area contributed by atoms with Crippen molar-refractivity contribution in [3.05, 3.63) is 0 Å². The third-order valence-corrected chi connectivity index (χ3v) is 2.99. The van der Waals surface area contributed by atoms with E-state index in [0.29, 0.717) is 6.04 Å². The Hall–Kier alpha value is -1.67. The summed E-state index contributed by atoms with van der Waals surface area (Å²) in [6.07, 6.45) is 4.01. The summed E-state index contributed by atoms with van der Waals surface area (Å²) in [5.41, 5.74) is 2.98.